The Morgan fingerprint density at radius 2 is 1.81 bits per heavy atom. The lowest BCUT2D eigenvalue weighted by atomic mass is 10.1. The summed E-state index contributed by atoms with van der Waals surface area (Å²) in [5.41, 5.74) is 6.83. The molecule has 0 bridgehead atoms. The molecule has 4 nitrogen and oxygen atoms in total. The summed E-state index contributed by atoms with van der Waals surface area (Å²) in [6.45, 7) is 1.75. The second-order valence-corrected chi connectivity index (χ2v) is 4.41. The molecule has 1 aliphatic rings. The van der Waals surface area contributed by atoms with E-state index in [9.17, 15) is 4.79 Å². The number of nitrogens with two attached hydrogens (primary N) is 1. The molecule has 2 heterocycles. The number of rotatable bonds is 1. The third-order valence-electron chi connectivity index (χ3n) is 3.08. The third-order valence-corrected chi connectivity index (χ3v) is 3.08. The molecule has 0 unspecified atom stereocenters. The second kappa shape index (κ2) is 5.05. The highest BCUT2D eigenvalue weighted by Crippen LogP contribution is 2.14. The van der Waals surface area contributed by atoms with Gasteiger partial charge in [-0.05, 0) is 18.9 Å². The average Bonchev–Trinajstić information content (AvgIpc) is 2.63. The third kappa shape index (κ3) is 2.56. The van der Waals surface area contributed by atoms with Gasteiger partial charge in [-0.2, -0.15) is 0 Å². The zero-order valence-corrected chi connectivity index (χ0v) is 9.54. The van der Waals surface area contributed by atoms with Gasteiger partial charge in [0.25, 0.3) is 5.91 Å². The van der Waals surface area contributed by atoms with Crippen LogP contribution >= 0.6 is 0 Å². The topological polar surface area (TPSA) is 62.1 Å². The first-order valence-electron chi connectivity index (χ1n) is 6.00. The van der Waals surface area contributed by atoms with E-state index in [0.29, 0.717) is 11.4 Å². The Hall–Kier alpha value is -1.45. The van der Waals surface area contributed by atoms with E-state index < -0.39 is 0 Å². The van der Waals surface area contributed by atoms with E-state index in [2.05, 4.69) is 4.98 Å². The van der Waals surface area contributed by atoms with Gasteiger partial charge in [0.1, 0.15) is 5.69 Å². The van der Waals surface area contributed by atoms with Gasteiger partial charge in [-0.1, -0.05) is 19.3 Å². The molecule has 1 aromatic heterocycles. The SMILES string of the molecule is Nc1c[nH]c(C(=O)N2CCCCCCC2)c1. The van der Waals surface area contributed by atoms with Crippen LogP contribution in [0.3, 0.4) is 0 Å². The normalized spacial score (nSPS) is 17.9. The fourth-order valence-electron chi connectivity index (χ4n) is 2.16. The van der Waals surface area contributed by atoms with Crippen LogP contribution in [0.2, 0.25) is 0 Å². The number of aromatic nitrogens is 1. The van der Waals surface area contributed by atoms with Gasteiger partial charge in [0.05, 0.1) is 0 Å². The van der Waals surface area contributed by atoms with Gasteiger partial charge in [-0.25, -0.2) is 0 Å². The van der Waals surface area contributed by atoms with Crippen LogP contribution < -0.4 is 5.73 Å². The molecule has 1 aromatic rings. The summed E-state index contributed by atoms with van der Waals surface area (Å²) in [6.07, 6.45) is 7.66. The molecule has 0 aliphatic carbocycles. The predicted octanol–water partition coefficient (Wildman–Crippen LogP) is 2.00. The van der Waals surface area contributed by atoms with Crippen molar-refractivity contribution in [2.24, 2.45) is 0 Å². The van der Waals surface area contributed by atoms with Crippen LogP contribution in [-0.2, 0) is 0 Å². The number of nitrogen functional groups attached to an aromatic ring is 1. The number of nitrogens with one attached hydrogen (secondary N) is 1. The summed E-state index contributed by atoms with van der Waals surface area (Å²) < 4.78 is 0. The first-order valence-corrected chi connectivity index (χ1v) is 6.00. The van der Waals surface area contributed by atoms with Crippen LogP contribution in [-0.4, -0.2) is 28.9 Å². The van der Waals surface area contributed by atoms with Crippen LogP contribution in [0.25, 0.3) is 0 Å². The number of hydrogen-bond acceptors (Lipinski definition) is 2. The van der Waals surface area contributed by atoms with Crippen LogP contribution in [0, 0.1) is 0 Å². The molecule has 4 heteroatoms. The molecule has 1 saturated heterocycles. The Morgan fingerprint density at radius 1 is 1.19 bits per heavy atom. The summed E-state index contributed by atoms with van der Waals surface area (Å²) in [6, 6.07) is 1.71. The lowest BCUT2D eigenvalue weighted by Crippen LogP contribution is -2.33. The molecule has 2 rings (SSSR count). The summed E-state index contributed by atoms with van der Waals surface area (Å²) in [4.78, 5) is 17.0. The van der Waals surface area contributed by atoms with Crippen molar-refractivity contribution in [3.8, 4) is 0 Å². The molecule has 1 fully saturated rings. The molecule has 0 radical (unpaired) electrons. The molecule has 0 atom stereocenters. The van der Waals surface area contributed by atoms with E-state index in [-0.39, 0.29) is 5.91 Å². The Balaban J connectivity index is 2.01. The minimum absolute atomic E-state index is 0.0820. The maximum absolute atomic E-state index is 12.1. The summed E-state index contributed by atoms with van der Waals surface area (Å²) >= 11 is 0. The summed E-state index contributed by atoms with van der Waals surface area (Å²) in [7, 11) is 0. The van der Waals surface area contributed by atoms with Crippen molar-refractivity contribution in [3.63, 3.8) is 0 Å². The van der Waals surface area contributed by atoms with Crippen LogP contribution in [0.1, 0.15) is 42.6 Å². The van der Waals surface area contributed by atoms with Crippen LogP contribution in [0.15, 0.2) is 12.3 Å². The molecule has 0 aromatic carbocycles. The number of nitrogens with zero attached hydrogens (tertiary/aromatic N) is 1. The molecule has 0 saturated carbocycles. The Labute approximate surface area is 95.8 Å². The molecule has 3 N–H and O–H groups in total. The summed E-state index contributed by atoms with van der Waals surface area (Å²) in [5.74, 6) is 0.0820. The van der Waals surface area contributed by atoms with E-state index in [4.69, 9.17) is 5.73 Å². The quantitative estimate of drug-likeness (QED) is 0.762. The minimum atomic E-state index is 0.0820. The highest BCUT2D eigenvalue weighted by Gasteiger charge is 2.17. The molecule has 88 valence electrons. The van der Waals surface area contributed by atoms with Gasteiger partial charge < -0.3 is 15.6 Å². The van der Waals surface area contributed by atoms with E-state index in [1.54, 1.807) is 12.3 Å². The van der Waals surface area contributed by atoms with Crippen molar-refractivity contribution in [2.75, 3.05) is 18.8 Å². The van der Waals surface area contributed by atoms with Gasteiger partial charge >= 0.3 is 0 Å². The van der Waals surface area contributed by atoms with Crippen molar-refractivity contribution in [3.05, 3.63) is 18.0 Å². The Kier molecular flexibility index (Phi) is 3.49. The van der Waals surface area contributed by atoms with E-state index in [0.717, 1.165) is 25.9 Å². The number of carbonyl (C=O) groups excluding carboxylic acids is 1. The smallest absolute Gasteiger partial charge is 0.270 e. The first-order chi connectivity index (χ1) is 7.77. The average molecular weight is 221 g/mol. The van der Waals surface area contributed by atoms with Crippen molar-refractivity contribution in [2.45, 2.75) is 32.1 Å². The van der Waals surface area contributed by atoms with Crippen molar-refractivity contribution in [1.82, 2.24) is 9.88 Å². The number of H-pyrrole nitrogens is 1. The van der Waals surface area contributed by atoms with E-state index in [1.807, 2.05) is 4.90 Å². The van der Waals surface area contributed by atoms with Crippen molar-refractivity contribution < 1.29 is 4.79 Å². The zero-order chi connectivity index (χ0) is 11.4. The highest BCUT2D eigenvalue weighted by atomic mass is 16.2. The molecule has 16 heavy (non-hydrogen) atoms. The van der Waals surface area contributed by atoms with Gasteiger partial charge in [0.15, 0.2) is 0 Å². The molecular weight excluding hydrogens is 202 g/mol. The van der Waals surface area contributed by atoms with Gasteiger partial charge in [0.2, 0.25) is 0 Å². The highest BCUT2D eigenvalue weighted by molar-refractivity contribution is 5.93. The number of carbonyl (C=O) groups is 1. The fourth-order valence-corrected chi connectivity index (χ4v) is 2.16. The number of anilines is 1. The largest absolute Gasteiger partial charge is 0.397 e. The lowest BCUT2D eigenvalue weighted by Gasteiger charge is -2.24. The van der Waals surface area contributed by atoms with Gasteiger partial charge in [-0.15, -0.1) is 0 Å². The van der Waals surface area contributed by atoms with Crippen molar-refractivity contribution >= 4 is 11.6 Å². The zero-order valence-electron chi connectivity index (χ0n) is 9.54. The Bertz CT molecular complexity index is 351. The first kappa shape index (κ1) is 11.0. The molecule has 1 aliphatic heterocycles. The van der Waals surface area contributed by atoms with Gasteiger partial charge in [-0.3, -0.25) is 4.79 Å². The summed E-state index contributed by atoms with van der Waals surface area (Å²) in [5, 5.41) is 0. The molecular formula is C12H19N3O. The van der Waals surface area contributed by atoms with Crippen molar-refractivity contribution in [1.29, 1.82) is 0 Å². The van der Waals surface area contributed by atoms with E-state index >= 15 is 0 Å². The Morgan fingerprint density at radius 3 is 2.38 bits per heavy atom. The van der Waals surface area contributed by atoms with Gasteiger partial charge in [0, 0.05) is 25.0 Å². The maximum atomic E-state index is 12.1. The number of likely N-dealkylation sites (tertiary alicyclic amines) is 1. The lowest BCUT2D eigenvalue weighted by molar-refractivity contribution is 0.0737. The molecule has 0 spiro atoms. The molecule has 1 amide bonds. The minimum Gasteiger partial charge on any atom is -0.397 e. The number of amides is 1. The fraction of sp³-hybridized carbons (Fsp3) is 0.583. The number of aromatic amines is 1. The van der Waals surface area contributed by atoms with Crippen LogP contribution in [0.5, 0.6) is 0 Å². The number of hydrogen-bond donors (Lipinski definition) is 2. The maximum Gasteiger partial charge on any atom is 0.270 e. The standard InChI is InChI=1S/C12H19N3O/c13-10-8-11(14-9-10)12(16)15-6-4-2-1-3-5-7-15/h8-9,14H,1-7,13H2. The van der Waals surface area contributed by atoms with E-state index in [1.165, 1.54) is 19.3 Å². The second-order valence-electron chi connectivity index (χ2n) is 4.41. The monoisotopic (exact) mass is 221 g/mol. The predicted molar refractivity (Wildman–Crippen MR) is 64.2 cm³/mol. The van der Waals surface area contributed by atoms with Crippen LogP contribution in [0.4, 0.5) is 5.69 Å².